The molecule has 0 amide bonds. The molecule has 0 fully saturated rings. The zero-order valence-electron chi connectivity index (χ0n) is 35.0. The molecule has 0 bridgehead atoms. The molecule has 0 atom stereocenters. The Labute approximate surface area is 377 Å². The third-order valence-electron chi connectivity index (χ3n) is 12.7. The molecule has 0 aliphatic carbocycles. The molecule has 1 aromatic heterocycles. The molecule has 0 spiro atoms. The zero-order chi connectivity index (χ0) is 42.4. The Kier molecular flexibility index (Phi) is 9.43. The van der Waals surface area contributed by atoms with Gasteiger partial charge in [-0.25, -0.2) is 0 Å². The molecule has 0 saturated heterocycles. The second-order valence-corrected chi connectivity index (χ2v) is 17.4. The van der Waals surface area contributed by atoms with Gasteiger partial charge in [0.25, 0.3) is 0 Å². The van der Waals surface area contributed by atoms with E-state index in [1.54, 1.807) is 0 Å². The second kappa shape index (κ2) is 16.0. The maximum absolute atomic E-state index is 2.42. The Hall–Kier alpha value is -8.04. The van der Waals surface area contributed by atoms with Crippen LogP contribution < -0.4 is 4.90 Å². The lowest BCUT2D eigenvalue weighted by Crippen LogP contribution is -2.11. The third kappa shape index (κ3) is 6.55. The van der Waals surface area contributed by atoms with Gasteiger partial charge in [-0.05, 0) is 114 Å². The van der Waals surface area contributed by atoms with Crippen LogP contribution in [0.2, 0.25) is 0 Å². The Balaban J connectivity index is 1.04. The second-order valence-electron chi connectivity index (χ2n) is 16.4. The van der Waals surface area contributed by atoms with Crippen LogP contribution in [0.5, 0.6) is 0 Å². The quantitative estimate of drug-likeness (QED) is 0.138. The number of fused-ring (bicyclic) bond motifs is 6. The predicted molar refractivity (Wildman–Crippen MR) is 276 cm³/mol. The van der Waals surface area contributed by atoms with Crippen LogP contribution >= 0.6 is 11.3 Å². The number of hydrogen-bond donors (Lipinski definition) is 0. The summed E-state index contributed by atoms with van der Waals surface area (Å²) in [6, 6.07) is 90.9. The number of rotatable bonds is 8. The first-order valence-corrected chi connectivity index (χ1v) is 22.7. The molecule has 1 nitrogen and oxygen atoms in total. The molecule has 64 heavy (non-hydrogen) atoms. The highest BCUT2D eigenvalue weighted by Crippen LogP contribution is 2.47. The molecule has 300 valence electrons. The monoisotopic (exact) mass is 831 g/mol. The van der Waals surface area contributed by atoms with Crippen LogP contribution in [0, 0.1) is 0 Å². The largest absolute Gasteiger partial charge is 0.310 e. The van der Waals surface area contributed by atoms with Gasteiger partial charge < -0.3 is 4.90 Å². The molecule has 11 aromatic carbocycles. The van der Waals surface area contributed by atoms with E-state index in [-0.39, 0.29) is 0 Å². The lowest BCUT2D eigenvalue weighted by Gasteiger charge is -2.28. The summed E-state index contributed by atoms with van der Waals surface area (Å²) in [4.78, 5) is 2.42. The number of benzene rings is 11. The number of thiophene rings is 1. The van der Waals surface area contributed by atoms with Gasteiger partial charge in [-0.2, -0.15) is 0 Å². The zero-order valence-corrected chi connectivity index (χ0v) is 35.8. The summed E-state index contributed by atoms with van der Waals surface area (Å²) in [6.45, 7) is 0. The SMILES string of the molecule is c1ccc(-c2ccccc2N(c2ccc(-c3cccc4c3sc3ccccc34)cc2)c2cccc(-c3ccc4c(c3)c(-c3ccccc3)c(-c3ccccc3)c3ccccc34)c2)cc1. The van der Waals surface area contributed by atoms with Crippen LogP contribution in [0.1, 0.15) is 0 Å². The minimum Gasteiger partial charge on any atom is -0.310 e. The van der Waals surface area contributed by atoms with Gasteiger partial charge in [0.05, 0.1) is 5.69 Å². The van der Waals surface area contributed by atoms with E-state index in [0.29, 0.717) is 0 Å². The van der Waals surface area contributed by atoms with Crippen molar-refractivity contribution in [1.29, 1.82) is 0 Å². The fourth-order valence-electron chi connectivity index (χ4n) is 9.73. The van der Waals surface area contributed by atoms with Crippen molar-refractivity contribution >= 4 is 70.1 Å². The van der Waals surface area contributed by atoms with Gasteiger partial charge in [-0.3, -0.25) is 0 Å². The Bertz CT molecular complexity index is 3650. The number of hydrogen-bond acceptors (Lipinski definition) is 2. The summed E-state index contributed by atoms with van der Waals surface area (Å²) in [5, 5.41) is 7.63. The Morgan fingerprint density at radius 1 is 0.266 bits per heavy atom. The highest BCUT2D eigenvalue weighted by molar-refractivity contribution is 7.26. The summed E-state index contributed by atoms with van der Waals surface area (Å²) in [5.74, 6) is 0. The van der Waals surface area contributed by atoms with Crippen LogP contribution in [0.3, 0.4) is 0 Å². The van der Waals surface area contributed by atoms with Crippen LogP contribution in [-0.2, 0) is 0 Å². The number of anilines is 3. The highest BCUT2D eigenvalue weighted by atomic mass is 32.1. The van der Waals surface area contributed by atoms with Crippen molar-refractivity contribution in [3.05, 3.63) is 249 Å². The first-order chi connectivity index (χ1) is 31.8. The van der Waals surface area contributed by atoms with E-state index in [0.717, 1.165) is 22.6 Å². The summed E-state index contributed by atoms with van der Waals surface area (Å²) in [7, 11) is 0. The number of nitrogens with zero attached hydrogens (tertiary/aromatic N) is 1. The fourth-order valence-corrected chi connectivity index (χ4v) is 11.0. The standard InChI is InChI=1S/C62H41NS/c1-4-18-42(19-5-1)50-26-12-14-32-58(50)63(48-37-34-43(35-38-48)51-30-17-31-56-54-28-13-15-33-59(54)64-62(51)56)49-25-16-24-46(40-49)47-36-39-53-52-27-10-11-29-55(52)60(44-20-6-2-7-21-44)61(57(53)41-47)45-22-8-3-9-23-45/h1-41H. The van der Waals surface area contributed by atoms with E-state index in [1.807, 2.05) is 11.3 Å². The van der Waals surface area contributed by atoms with E-state index >= 15 is 0 Å². The molecular weight excluding hydrogens is 791 g/mol. The van der Waals surface area contributed by atoms with Crippen molar-refractivity contribution < 1.29 is 0 Å². The van der Waals surface area contributed by atoms with Crippen LogP contribution in [-0.4, -0.2) is 0 Å². The number of para-hydroxylation sites is 1. The average molecular weight is 832 g/mol. The molecule has 2 heteroatoms. The minimum atomic E-state index is 1.09. The van der Waals surface area contributed by atoms with Gasteiger partial charge in [-0.1, -0.05) is 206 Å². The molecule has 0 aliphatic rings. The minimum absolute atomic E-state index is 1.09. The smallest absolute Gasteiger partial charge is 0.0540 e. The van der Waals surface area contributed by atoms with Crippen molar-refractivity contribution in [3.63, 3.8) is 0 Å². The summed E-state index contributed by atoms with van der Waals surface area (Å²) < 4.78 is 2.64. The van der Waals surface area contributed by atoms with Gasteiger partial charge in [0, 0.05) is 37.1 Å². The summed E-state index contributed by atoms with van der Waals surface area (Å²) >= 11 is 1.88. The predicted octanol–water partition coefficient (Wildman–Crippen LogP) is 18.2. The molecule has 0 radical (unpaired) electrons. The Morgan fingerprint density at radius 2 is 0.766 bits per heavy atom. The molecule has 1 heterocycles. The van der Waals surface area contributed by atoms with Crippen LogP contribution in [0.15, 0.2) is 249 Å². The van der Waals surface area contributed by atoms with E-state index in [2.05, 4.69) is 254 Å². The first kappa shape index (κ1) is 37.7. The topological polar surface area (TPSA) is 3.24 Å². The van der Waals surface area contributed by atoms with Gasteiger partial charge in [0.2, 0.25) is 0 Å². The first-order valence-electron chi connectivity index (χ1n) is 21.9. The lowest BCUT2D eigenvalue weighted by molar-refractivity contribution is 1.28. The summed E-state index contributed by atoms with van der Waals surface area (Å²) in [6.07, 6.45) is 0. The van der Waals surface area contributed by atoms with Crippen molar-refractivity contribution in [2.45, 2.75) is 0 Å². The van der Waals surface area contributed by atoms with Crippen molar-refractivity contribution in [1.82, 2.24) is 0 Å². The van der Waals surface area contributed by atoms with E-state index in [9.17, 15) is 0 Å². The summed E-state index contributed by atoms with van der Waals surface area (Å²) in [5.41, 5.74) is 15.4. The van der Waals surface area contributed by atoms with Crippen LogP contribution in [0.25, 0.3) is 97.4 Å². The third-order valence-corrected chi connectivity index (χ3v) is 13.9. The van der Waals surface area contributed by atoms with Crippen molar-refractivity contribution in [3.8, 4) is 55.6 Å². The molecule has 12 aromatic rings. The van der Waals surface area contributed by atoms with Gasteiger partial charge in [-0.15, -0.1) is 11.3 Å². The maximum atomic E-state index is 2.42. The van der Waals surface area contributed by atoms with E-state index in [1.165, 1.54) is 91.8 Å². The molecular formula is C62H41NS. The van der Waals surface area contributed by atoms with Gasteiger partial charge >= 0.3 is 0 Å². The molecule has 0 unspecified atom stereocenters. The molecule has 0 aliphatic heterocycles. The average Bonchev–Trinajstić information content (AvgIpc) is 3.76. The van der Waals surface area contributed by atoms with Crippen molar-refractivity contribution in [2.75, 3.05) is 4.90 Å². The van der Waals surface area contributed by atoms with Gasteiger partial charge in [0.15, 0.2) is 0 Å². The lowest BCUT2D eigenvalue weighted by atomic mass is 9.84. The van der Waals surface area contributed by atoms with E-state index < -0.39 is 0 Å². The Morgan fingerprint density at radius 3 is 1.52 bits per heavy atom. The van der Waals surface area contributed by atoms with Gasteiger partial charge in [0.1, 0.15) is 0 Å². The van der Waals surface area contributed by atoms with Crippen LogP contribution in [0.4, 0.5) is 17.1 Å². The fraction of sp³-hybridized carbons (Fsp3) is 0. The highest BCUT2D eigenvalue weighted by Gasteiger charge is 2.21. The normalized spacial score (nSPS) is 11.4. The van der Waals surface area contributed by atoms with E-state index in [4.69, 9.17) is 0 Å². The molecule has 0 N–H and O–H groups in total. The van der Waals surface area contributed by atoms with Crippen molar-refractivity contribution in [2.24, 2.45) is 0 Å². The molecule has 0 saturated carbocycles. The maximum Gasteiger partial charge on any atom is 0.0540 e. The molecule has 12 rings (SSSR count).